The Kier molecular flexibility index (Phi) is 4.52. The molecular weight excluding hydrogens is 262 g/mol. The molecule has 0 spiro atoms. The van der Waals surface area contributed by atoms with E-state index >= 15 is 0 Å². The lowest BCUT2D eigenvalue weighted by Crippen LogP contribution is -2.09. The van der Waals surface area contributed by atoms with Gasteiger partial charge >= 0.3 is 5.97 Å². The van der Waals surface area contributed by atoms with Crippen LogP contribution in [-0.4, -0.2) is 18.1 Å². The number of thiazole rings is 1. The van der Waals surface area contributed by atoms with Gasteiger partial charge < -0.3 is 9.47 Å². The highest BCUT2D eigenvalue weighted by Crippen LogP contribution is 2.23. The predicted octanol–water partition coefficient (Wildman–Crippen LogP) is 3.00. The highest BCUT2D eigenvalue weighted by Gasteiger charge is 2.08. The van der Waals surface area contributed by atoms with Gasteiger partial charge in [0.05, 0.1) is 24.7 Å². The molecular formula is C14H15NO3S. The first kappa shape index (κ1) is 13.5. The maximum Gasteiger partial charge on any atom is 0.311 e. The summed E-state index contributed by atoms with van der Waals surface area (Å²) in [5.41, 5.74) is 3.62. The van der Waals surface area contributed by atoms with Crippen molar-refractivity contribution in [2.45, 2.75) is 19.8 Å². The first-order valence-electron chi connectivity index (χ1n) is 5.91. The van der Waals surface area contributed by atoms with Gasteiger partial charge in [-0.25, -0.2) is 4.98 Å². The average Bonchev–Trinajstić information content (AvgIpc) is 2.90. The SMILES string of the molecule is COc1ccc(OC(=O)CCc2cscn2)cc1C. The Morgan fingerprint density at radius 2 is 2.26 bits per heavy atom. The number of carbonyl (C=O) groups is 1. The molecule has 1 heterocycles. The second-order valence-electron chi connectivity index (χ2n) is 4.09. The number of hydrogen-bond donors (Lipinski definition) is 0. The maximum atomic E-state index is 11.7. The first-order valence-corrected chi connectivity index (χ1v) is 6.85. The van der Waals surface area contributed by atoms with Gasteiger partial charge in [0, 0.05) is 11.8 Å². The van der Waals surface area contributed by atoms with E-state index in [-0.39, 0.29) is 5.97 Å². The normalized spacial score (nSPS) is 10.2. The molecule has 5 heteroatoms. The van der Waals surface area contributed by atoms with Gasteiger partial charge in [0.15, 0.2) is 0 Å². The summed E-state index contributed by atoms with van der Waals surface area (Å²) in [6.45, 7) is 1.91. The maximum absolute atomic E-state index is 11.7. The van der Waals surface area contributed by atoms with Crippen molar-refractivity contribution in [2.24, 2.45) is 0 Å². The van der Waals surface area contributed by atoms with Gasteiger partial charge in [-0.1, -0.05) is 0 Å². The molecule has 2 rings (SSSR count). The molecule has 0 aliphatic heterocycles. The fraction of sp³-hybridized carbons (Fsp3) is 0.286. The number of methoxy groups -OCH3 is 1. The lowest BCUT2D eigenvalue weighted by atomic mass is 10.2. The van der Waals surface area contributed by atoms with Crippen molar-refractivity contribution < 1.29 is 14.3 Å². The Balaban J connectivity index is 1.90. The number of benzene rings is 1. The number of nitrogens with zero attached hydrogens (tertiary/aromatic N) is 1. The van der Waals surface area contributed by atoms with Crippen LogP contribution in [0.3, 0.4) is 0 Å². The highest BCUT2D eigenvalue weighted by molar-refractivity contribution is 7.07. The van der Waals surface area contributed by atoms with Gasteiger partial charge in [-0.15, -0.1) is 11.3 Å². The minimum absolute atomic E-state index is 0.252. The summed E-state index contributed by atoms with van der Waals surface area (Å²) in [6, 6.07) is 5.31. The number of rotatable bonds is 5. The van der Waals surface area contributed by atoms with Gasteiger partial charge in [-0.2, -0.15) is 0 Å². The molecule has 100 valence electrons. The number of hydrogen-bond acceptors (Lipinski definition) is 5. The lowest BCUT2D eigenvalue weighted by Gasteiger charge is -2.07. The Bertz CT molecular complexity index is 552. The fourth-order valence-corrected chi connectivity index (χ4v) is 2.28. The smallest absolute Gasteiger partial charge is 0.311 e. The molecule has 1 aromatic carbocycles. The molecule has 4 nitrogen and oxygen atoms in total. The Morgan fingerprint density at radius 1 is 1.42 bits per heavy atom. The molecule has 19 heavy (non-hydrogen) atoms. The molecule has 0 aliphatic rings. The van der Waals surface area contributed by atoms with Crippen LogP contribution in [0.1, 0.15) is 17.7 Å². The van der Waals surface area contributed by atoms with Crippen molar-refractivity contribution in [2.75, 3.05) is 7.11 Å². The number of aryl methyl sites for hydroxylation is 2. The van der Waals surface area contributed by atoms with Crippen molar-refractivity contribution in [3.8, 4) is 11.5 Å². The van der Waals surface area contributed by atoms with Crippen molar-refractivity contribution >= 4 is 17.3 Å². The largest absolute Gasteiger partial charge is 0.496 e. The third-order valence-electron chi connectivity index (χ3n) is 2.67. The zero-order chi connectivity index (χ0) is 13.7. The van der Waals surface area contributed by atoms with Gasteiger partial charge in [0.25, 0.3) is 0 Å². The Labute approximate surface area is 116 Å². The molecule has 0 bridgehead atoms. The first-order chi connectivity index (χ1) is 9.19. The van der Waals surface area contributed by atoms with Crippen LogP contribution in [0, 0.1) is 6.92 Å². The van der Waals surface area contributed by atoms with Crippen LogP contribution in [0.15, 0.2) is 29.1 Å². The summed E-state index contributed by atoms with van der Waals surface area (Å²) < 4.78 is 10.4. The predicted molar refractivity (Wildman–Crippen MR) is 73.8 cm³/mol. The Hall–Kier alpha value is -1.88. The molecule has 0 fully saturated rings. The second-order valence-corrected chi connectivity index (χ2v) is 4.80. The van der Waals surface area contributed by atoms with Crippen LogP contribution < -0.4 is 9.47 Å². The van der Waals surface area contributed by atoms with Crippen LogP contribution in [0.4, 0.5) is 0 Å². The van der Waals surface area contributed by atoms with E-state index in [9.17, 15) is 4.79 Å². The molecule has 2 aromatic rings. The van der Waals surface area contributed by atoms with Crippen LogP contribution in [0.2, 0.25) is 0 Å². The number of ether oxygens (including phenoxy) is 2. The zero-order valence-electron chi connectivity index (χ0n) is 10.9. The summed E-state index contributed by atoms with van der Waals surface area (Å²) in [7, 11) is 1.61. The van der Waals surface area contributed by atoms with E-state index in [0.29, 0.717) is 18.6 Å². The summed E-state index contributed by atoms with van der Waals surface area (Å²) >= 11 is 1.52. The van der Waals surface area contributed by atoms with Crippen LogP contribution >= 0.6 is 11.3 Å². The van der Waals surface area contributed by atoms with E-state index < -0.39 is 0 Å². The van der Waals surface area contributed by atoms with E-state index in [0.717, 1.165) is 17.0 Å². The molecule has 0 atom stereocenters. The van der Waals surface area contributed by atoms with Gasteiger partial charge in [-0.05, 0) is 30.7 Å². The van der Waals surface area contributed by atoms with Gasteiger partial charge in [0.2, 0.25) is 0 Å². The van der Waals surface area contributed by atoms with Gasteiger partial charge in [0.1, 0.15) is 11.5 Å². The van der Waals surface area contributed by atoms with E-state index in [4.69, 9.17) is 9.47 Å². The zero-order valence-corrected chi connectivity index (χ0v) is 11.7. The molecule has 0 radical (unpaired) electrons. The number of esters is 1. The highest BCUT2D eigenvalue weighted by atomic mass is 32.1. The third kappa shape index (κ3) is 3.79. The summed E-state index contributed by atoms with van der Waals surface area (Å²) in [5, 5.41) is 1.94. The molecule has 0 saturated heterocycles. The van der Waals surface area contributed by atoms with E-state index in [2.05, 4.69) is 4.98 Å². The molecule has 0 aliphatic carbocycles. The number of carbonyl (C=O) groups excluding carboxylic acids is 1. The quantitative estimate of drug-likeness (QED) is 0.622. The van der Waals surface area contributed by atoms with Crippen LogP contribution in [-0.2, 0) is 11.2 Å². The van der Waals surface area contributed by atoms with Crippen molar-refractivity contribution in [3.63, 3.8) is 0 Å². The van der Waals surface area contributed by atoms with E-state index in [1.807, 2.05) is 12.3 Å². The summed E-state index contributed by atoms with van der Waals surface area (Å²) in [5.74, 6) is 1.07. The van der Waals surface area contributed by atoms with Crippen LogP contribution in [0.5, 0.6) is 11.5 Å². The monoisotopic (exact) mass is 277 g/mol. The second kappa shape index (κ2) is 6.33. The Morgan fingerprint density at radius 3 is 2.89 bits per heavy atom. The third-order valence-corrected chi connectivity index (χ3v) is 3.30. The fourth-order valence-electron chi connectivity index (χ4n) is 1.69. The van der Waals surface area contributed by atoms with Crippen molar-refractivity contribution in [3.05, 3.63) is 40.3 Å². The molecule has 0 saturated carbocycles. The minimum Gasteiger partial charge on any atom is -0.496 e. The van der Waals surface area contributed by atoms with Crippen molar-refractivity contribution in [1.82, 2.24) is 4.98 Å². The van der Waals surface area contributed by atoms with E-state index in [1.54, 1.807) is 30.8 Å². The summed E-state index contributed by atoms with van der Waals surface area (Å²) in [4.78, 5) is 15.8. The van der Waals surface area contributed by atoms with Gasteiger partial charge in [-0.3, -0.25) is 4.79 Å². The molecule has 0 unspecified atom stereocenters. The number of aromatic nitrogens is 1. The van der Waals surface area contributed by atoms with Crippen LogP contribution in [0.25, 0.3) is 0 Å². The molecule has 0 amide bonds. The summed E-state index contributed by atoms with van der Waals surface area (Å²) in [6.07, 6.45) is 0.937. The topological polar surface area (TPSA) is 48.4 Å². The van der Waals surface area contributed by atoms with Crippen molar-refractivity contribution in [1.29, 1.82) is 0 Å². The molecule has 0 N–H and O–H groups in total. The lowest BCUT2D eigenvalue weighted by molar-refractivity contribution is -0.134. The van der Waals surface area contributed by atoms with E-state index in [1.165, 1.54) is 11.3 Å². The minimum atomic E-state index is -0.252. The standard InChI is InChI=1S/C14H15NO3S/c1-10-7-12(4-5-13(10)17-2)18-14(16)6-3-11-8-19-9-15-11/h4-5,7-9H,3,6H2,1-2H3. The average molecular weight is 277 g/mol. The molecule has 1 aromatic heterocycles.